The van der Waals surface area contributed by atoms with Crippen LogP contribution in [0.1, 0.15) is 119 Å². The fourth-order valence-corrected chi connectivity index (χ4v) is 10.3. The van der Waals surface area contributed by atoms with Gasteiger partial charge in [0.1, 0.15) is 0 Å². The van der Waals surface area contributed by atoms with Gasteiger partial charge >= 0.3 is 5.97 Å². The van der Waals surface area contributed by atoms with Crippen LogP contribution in [0.4, 0.5) is 0 Å². The summed E-state index contributed by atoms with van der Waals surface area (Å²) in [6, 6.07) is 0. The third kappa shape index (κ3) is 3.94. The first-order chi connectivity index (χ1) is 15.4. The lowest BCUT2D eigenvalue weighted by molar-refractivity contribution is -0.162. The molecule has 0 aliphatic heterocycles. The highest BCUT2D eigenvalue weighted by molar-refractivity contribution is 5.68. The number of hydrogen-bond donors (Lipinski definition) is 1. The van der Waals surface area contributed by atoms with Crippen LogP contribution >= 0.6 is 0 Å². The van der Waals surface area contributed by atoms with Crippen molar-refractivity contribution in [3.63, 3.8) is 0 Å². The molecular weight excluding hydrogens is 404 g/mol. The van der Waals surface area contributed by atoms with E-state index in [1.807, 2.05) is 0 Å². The molecule has 3 fully saturated rings. The third-order valence-electron chi connectivity index (χ3n) is 11.9. The summed E-state index contributed by atoms with van der Waals surface area (Å²) in [6.07, 6.45) is 18.3. The molecule has 0 radical (unpaired) electrons. The van der Waals surface area contributed by atoms with E-state index in [1.165, 1.54) is 57.8 Å². The molecule has 1 N–H and O–H groups in total. The van der Waals surface area contributed by atoms with Crippen LogP contribution in [0.25, 0.3) is 0 Å². The molecule has 2 nitrogen and oxygen atoms in total. The Morgan fingerprint density at radius 3 is 2.36 bits per heavy atom. The van der Waals surface area contributed by atoms with E-state index in [2.05, 4.69) is 60.6 Å². The van der Waals surface area contributed by atoms with Crippen molar-refractivity contribution in [1.82, 2.24) is 0 Å². The summed E-state index contributed by atoms with van der Waals surface area (Å²) >= 11 is 0. The second-order valence-electron chi connectivity index (χ2n) is 14.5. The molecule has 0 bridgehead atoms. The summed E-state index contributed by atoms with van der Waals surface area (Å²) in [5.41, 5.74) is 0.777. The van der Waals surface area contributed by atoms with E-state index in [0.29, 0.717) is 46.8 Å². The Kier molecular flexibility index (Phi) is 6.67. The lowest BCUT2D eigenvalue weighted by atomic mass is 9.39. The number of rotatable bonds is 7. The topological polar surface area (TPSA) is 37.3 Å². The normalized spacial score (nSPS) is 44.7. The predicted molar refractivity (Wildman–Crippen MR) is 138 cm³/mol. The minimum Gasteiger partial charge on any atom is -0.481 e. The Balaban J connectivity index is 1.68. The molecule has 4 aliphatic rings. The fourth-order valence-electron chi connectivity index (χ4n) is 10.3. The number of fused-ring (bicyclic) bond motifs is 5. The van der Waals surface area contributed by atoms with Gasteiger partial charge in [-0.2, -0.15) is 0 Å². The van der Waals surface area contributed by atoms with Crippen molar-refractivity contribution in [1.29, 1.82) is 0 Å². The first-order valence-electron chi connectivity index (χ1n) is 14.3. The molecule has 0 saturated heterocycles. The standard InChI is InChI=1S/C31H52O2/c1-21(2)10-8-11-22(3)23-15-19-31(20-27(32)33)25-12-13-26-28(4,5)16-9-17-29(26,6)24(25)14-18-30(23,31)7/h12-13,21-26H,8-11,14-20H2,1-7H3,(H,32,33)/t22-,23-,24+,25-,26+,29-,30-,31-/m1/s1. The zero-order valence-corrected chi connectivity index (χ0v) is 22.8. The van der Waals surface area contributed by atoms with Gasteiger partial charge < -0.3 is 5.11 Å². The summed E-state index contributed by atoms with van der Waals surface area (Å²) in [5, 5.41) is 10.2. The van der Waals surface area contributed by atoms with E-state index in [4.69, 9.17) is 0 Å². The predicted octanol–water partition coefficient (Wildman–Crippen LogP) is 8.75. The largest absolute Gasteiger partial charge is 0.481 e. The lowest BCUT2D eigenvalue weighted by Gasteiger charge is -2.65. The van der Waals surface area contributed by atoms with E-state index in [-0.39, 0.29) is 10.8 Å². The zero-order valence-electron chi connectivity index (χ0n) is 22.8. The molecule has 8 atom stereocenters. The number of carboxylic acid groups (broad SMARTS) is 1. The van der Waals surface area contributed by atoms with E-state index >= 15 is 0 Å². The summed E-state index contributed by atoms with van der Waals surface area (Å²) in [7, 11) is 0. The maximum atomic E-state index is 12.4. The second-order valence-corrected chi connectivity index (χ2v) is 14.5. The third-order valence-corrected chi connectivity index (χ3v) is 11.9. The molecule has 33 heavy (non-hydrogen) atoms. The number of allylic oxidation sites excluding steroid dienone is 2. The van der Waals surface area contributed by atoms with E-state index in [1.54, 1.807) is 0 Å². The highest BCUT2D eigenvalue weighted by Gasteiger charge is 2.68. The molecule has 188 valence electrons. The van der Waals surface area contributed by atoms with Gasteiger partial charge in [0.2, 0.25) is 0 Å². The SMILES string of the molecule is CC(C)CCC[C@@H](C)[C@H]1CC[C@@]2(CC(=O)O)[C@@H]3C=C[C@H]4C(C)(C)CCC[C@]4(C)[C@H]3CC[C@]12C. The summed E-state index contributed by atoms with van der Waals surface area (Å²) < 4.78 is 0. The van der Waals surface area contributed by atoms with Crippen LogP contribution < -0.4 is 0 Å². The maximum absolute atomic E-state index is 12.4. The van der Waals surface area contributed by atoms with Gasteiger partial charge in [0, 0.05) is 0 Å². The van der Waals surface area contributed by atoms with Gasteiger partial charge in [-0.1, -0.05) is 86.3 Å². The molecular formula is C31H52O2. The molecule has 0 heterocycles. The fraction of sp³-hybridized carbons (Fsp3) is 0.903. The van der Waals surface area contributed by atoms with Crippen molar-refractivity contribution < 1.29 is 9.90 Å². The Morgan fingerprint density at radius 1 is 0.970 bits per heavy atom. The van der Waals surface area contributed by atoms with Gasteiger partial charge in [0.05, 0.1) is 6.42 Å². The summed E-state index contributed by atoms with van der Waals surface area (Å²) in [5.74, 6) is 3.30. The van der Waals surface area contributed by atoms with Gasteiger partial charge in [0.25, 0.3) is 0 Å². The van der Waals surface area contributed by atoms with Crippen molar-refractivity contribution in [3.05, 3.63) is 12.2 Å². The minimum atomic E-state index is -0.570. The van der Waals surface area contributed by atoms with Crippen LogP contribution in [0.5, 0.6) is 0 Å². The minimum absolute atomic E-state index is 0.0647. The molecule has 0 aromatic heterocycles. The molecule has 0 amide bonds. The highest BCUT2D eigenvalue weighted by Crippen LogP contribution is 2.74. The number of hydrogen-bond acceptors (Lipinski definition) is 1. The molecule has 0 unspecified atom stereocenters. The van der Waals surface area contributed by atoms with Crippen molar-refractivity contribution in [3.8, 4) is 0 Å². The molecule has 0 spiro atoms. The average Bonchev–Trinajstić information content (AvgIpc) is 2.99. The van der Waals surface area contributed by atoms with Crippen LogP contribution in [0.2, 0.25) is 0 Å². The molecule has 3 saturated carbocycles. The van der Waals surface area contributed by atoms with E-state index in [9.17, 15) is 9.90 Å². The molecule has 4 aliphatic carbocycles. The van der Waals surface area contributed by atoms with Gasteiger partial charge in [-0.25, -0.2) is 0 Å². The number of carbonyl (C=O) groups is 1. The summed E-state index contributed by atoms with van der Waals surface area (Å²) in [4.78, 5) is 12.4. The highest BCUT2D eigenvalue weighted by atomic mass is 16.4. The van der Waals surface area contributed by atoms with Crippen LogP contribution in [-0.2, 0) is 4.79 Å². The summed E-state index contributed by atoms with van der Waals surface area (Å²) in [6.45, 7) is 17.2. The lowest BCUT2D eigenvalue weighted by Crippen LogP contribution is -2.59. The second kappa shape index (κ2) is 8.70. The van der Waals surface area contributed by atoms with Crippen LogP contribution in [0, 0.1) is 57.2 Å². The van der Waals surface area contributed by atoms with Crippen LogP contribution in [0.15, 0.2) is 12.2 Å². The molecule has 2 heteroatoms. The van der Waals surface area contributed by atoms with Gasteiger partial charge in [0.15, 0.2) is 0 Å². The molecule has 0 aromatic carbocycles. The Bertz CT molecular complexity index is 765. The van der Waals surface area contributed by atoms with E-state index < -0.39 is 5.97 Å². The Labute approximate surface area is 204 Å². The van der Waals surface area contributed by atoms with Gasteiger partial charge in [-0.05, 0) is 95.7 Å². The van der Waals surface area contributed by atoms with Crippen molar-refractivity contribution >= 4 is 5.97 Å². The van der Waals surface area contributed by atoms with Crippen molar-refractivity contribution in [2.45, 2.75) is 119 Å². The Morgan fingerprint density at radius 2 is 1.70 bits per heavy atom. The first kappa shape index (κ1) is 25.3. The van der Waals surface area contributed by atoms with Crippen molar-refractivity contribution in [2.75, 3.05) is 0 Å². The van der Waals surface area contributed by atoms with E-state index in [0.717, 1.165) is 12.3 Å². The van der Waals surface area contributed by atoms with Crippen molar-refractivity contribution in [2.24, 2.45) is 57.2 Å². The Hall–Kier alpha value is -0.790. The zero-order chi connectivity index (χ0) is 24.2. The van der Waals surface area contributed by atoms with Gasteiger partial charge in [-0.3, -0.25) is 4.79 Å². The number of aliphatic carboxylic acids is 1. The maximum Gasteiger partial charge on any atom is 0.303 e. The van der Waals surface area contributed by atoms with Crippen LogP contribution in [-0.4, -0.2) is 11.1 Å². The molecule has 0 aromatic rings. The number of carboxylic acids is 1. The monoisotopic (exact) mass is 456 g/mol. The van der Waals surface area contributed by atoms with Crippen LogP contribution in [0.3, 0.4) is 0 Å². The molecule has 4 rings (SSSR count). The quantitative estimate of drug-likeness (QED) is 0.389. The average molecular weight is 457 g/mol. The van der Waals surface area contributed by atoms with Gasteiger partial charge in [-0.15, -0.1) is 0 Å². The first-order valence-corrected chi connectivity index (χ1v) is 14.3. The smallest absolute Gasteiger partial charge is 0.303 e.